The first-order valence-electron chi connectivity index (χ1n) is 7.17. The van der Waals surface area contributed by atoms with E-state index in [0.717, 1.165) is 5.52 Å². The van der Waals surface area contributed by atoms with Gasteiger partial charge in [0.2, 0.25) is 11.0 Å². The van der Waals surface area contributed by atoms with Crippen LogP contribution in [0.25, 0.3) is 10.9 Å². The standard InChI is InChI=1S/C14H12F2N6O2S/c15-11(16)13-21-22-14(25-13)18-9(23)5-6-17-12(24)10-7-3-1-2-4-8(7)19-20-10/h1-4,11H,5-6H2,(H,17,24)(H,19,20)(H,18,22,23). The third-order valence-corrected chi connectivity index (χ3v) is 4.04. The molecular weight excluding hydrogens is 354 g/mol. The molecule has 3 N–H and O–H groups in total. The first kappa shape index (κ1) is 16.9. The van der Waals surface area contributed by atoms with E-state index in [9.17, 15) is 18.4 Å². The Morgan fingerprint density at radius 3 is 2.80 bits per heavy atom. The van der Waals surface area contributed by atoms with Crippen molar-refractivity contribution in [3.05, 3.63) is 35.0 Å². The molecule has 8 nitrogen and oxygen atoms in total. The van der Waals surface area contributed by atoms with Gasteiger partial charge in [-0.25, -0.2) is 8.78 Å². The van der Waals surface area contributed by atoms with Crippen LogP contribution < -0.4 is 10.6 Å². The van der Waals surface area contributed by atoms with Crippen LogP contribution in [0, 0.1) is 0 Å². The first-order valence-corrected chi connectivity index (χ1v) is 7.99. The molecule has 0 aliphatic carbocycles. The highest BCUT2D eigenvalue weighted by molar-refractivity contribution is 7.15. The lowest BCUT2D eigenvalue weighted by molar-refractivity contribution is -0.116. The van der Waals surface area contributed by atoms with Gasteiger partial charge in [0, 0.05) is 18.4 Å². The Balaban J connectivity index is 1.50. The van der Waals surface area contributed by atoms with E-state index in [4.69, 9.17) is 0 Å². The van der Waals surface area contributed by atoms with Gasteiger partial charge in [0.15, 0.2) is 10.7 Å². The van der Waals surface area contributed by atoms with Crippen molar-refractivity contribution in [2.24, 2.45) is 0 Å². The number of carbonyl (C=O) groups excluding carboxylic acids is 2. The number of nitrogens with zero attached hydrogens (tertiary/aromatic N) is 3. The summed E-state index contributed by atoms with van der Waals surface area (Å²) in [6, 6.07) is 7.16. The molecule has 130 valence electrons. The molecule has 25 heavy (non-hydrogen) atoms. The van der Waals surface area contributed by atoms with Crippen LogP contribution in [0.15, 0.2) is 24.3 Å². The van der Waals surface area contributed by atoms with Crippen molar-refractivity contribution in [1.29, 1.82) is 0 Å². The molecule has 2 amide bonds. The summed E-state index contributed by atoms with van der Waals surface area (Å²) in [5.74, 6) is -0.884. The van der Waals surface area contributed by atoms with Gasteiger partial charge in [-0.3, -0.25) is 14.7 Å². The zero-order valence-electron chi connectivity index (χ0n) is 12.6. The SMILES string of the molecule is O=C(CCNC(=O)c1n[nH]c2ccccc12)Nc1nnc(C(F)F)s1. The highest BCUT2D eigenvalue weighted by Gasteiger charge is 2.16. The van der Waals surface area contributed by atoms with E-state index >= 15 is 0 Å². The number of benzene rings is 1. The molecule has 0 unspecified atom stereocenters. The maximum Gasteiger partial charge on any atom is 0.291 e. The smallest absolute Gasteiger partial charge is 0.291 e. The molecule has 2 aromatic heterocycles. The Labute approximate surface area is 143 Å². The molecule has 0 atom stereocenters. The summed E-state index contributed by atoms with van der Waals surface area (Å²) >= 11 is 0.603. The fourth-order valence-corrected chi connectivity index (χ4v) is 2.68. The average molecular weight is 366 g/mol. The summed E-state index contributed by atoms with van der Waals surface area (Å²) in [5.41, 5.74) is 0.971. The average Bonchev–Trinajstić information content (AvgIpc) is 3.21. The fourth-order valence-electron chi connectivity index (χ4n) is 2.06. The Bertz CT molecular complexity index is 910. The summed E-state index contributed by atoms with van der Waals surface area (Å²) in [6.07, 6.45) is -2.77. The number of rotatable bonds is 6. The van der Waals surface area contributed by atoms with Gasteiger partial charge in [0.05, 0.1) is 5.52 Å². The molecule has 0 radical (unpaired) electrons. The number of para-hydroxylation sites is 1. The minimum atomic E-state index is -2.73. The number of alkyl halides is 2. The van der Waals surface area contributed by atoms with Crippen LogP contribution >= 0.6 is 11.3 Å². The molecule has 0 saturated heterocycles. The van der Waals surface area contributed by atoms with Crippen LogP contribution in [0.4, 0.5) is 13.9 Å². The van der Waals surface area contributed by atoms with Crippen LogP contribution in [-0.4, -0.2) is 38.8 Å². The molecule has 1 aromatic carbocycles. The Morgan fingerprint density at radius 1 is 1.24 bits per heavy atom. The van der Waals surface area contributed by atoms with E-state index in [-0.39, 0.29) is 23.8 Å². The second-order valence-electron chi connectivity index (χ2n) is 4.92. The van der Waals surface area contributed by atoms with Gasteiger partial charge in [-0.05, 0) is 6.07 Å². The largest absolute Gasteiger partial charge is 0.350 e. The predicted octanol–water partition coefficient (Wildman–Crippen LogP) is 2.11. The monoisotopic (exact) mass is 366 g/mol. The van der Waals surface area contributed by atoms with Crippen molar-refractivity contribution in [3.8, 4) is 0 Å². The van der Waals surface area contributed by atoms with Crippen LogP contribution in [0.3, 0.4) is 0 Å². The van der Waals surface area contributed by atoms with E-state index in [1.165, 1.54) is 0 Å². The fraction of sp³-hybridized carbons (Fsp3) is 0.214. The molecule has 11 heteroatoms. The summed E-state index contributed by atoms with van der Waals surface area (Å²) in [6.45, 7) is 0.0619. The molecule has 0 fully saturated rings. The van der Waals surface area contributed by atoms with E-state index in [1.54, 1.807) is 18.2 Å². The van der Waals surface area contributed by atoms with Crippen LogP contribution in [-0.2, 0) is 4.79 Å². The Morgan fingerprint density at radius 2 is 2.04 bits per heavy atom. The van der Waals surface area contributed by atoms with Gasteiger partial charge in [0.1, 0.15) is 0 Å². The maximum absolute atomic E-state index is 12.4. The molecule has 3 aromatic rings. The van der Waals surface area contributed by atoms with Gasteiger partial charge in [-0.1, -0.05) is 29.5 Å². The lowest BCUT2D eigenvalue weighted by Gasteiger charge is -2.03. The molecule has 0 saturated carbocycles. The van der Waals surface area contributed by atoms with Gasteiger partial charge in [0.25, 0.3) is 12.3 Å². The van der Waals surface area contributed by atoms with Gasteiger partial charge >= 0.3 is 0 Å². The summed E-state index contributed by atoms with van der Waals surface area (Å²) in [7, 11) is 0. The highest BCUT2D eigenvalue weighted by Crippen LogP contribution is 2.25. The van der Waals surface area contributed by atoms with Crippen molar-refractivity contribution >= 4 is 39.2 Å². The van der Waals surface area contributed by atoms with Gasteiger partial charge < -0.3 is 10.6 Å². The van der Waals surface area contributed by atoms with Gasteiger partial charge in [-0.15, -0.1) is 10.2 Å². The lowest BCUT2D eigenvalue weighted by atomic mass is 10.2. The second-order valence-corrected chi connectivity index (χ2v) is 5.93. The van der Waals surface area contributed by atoms with Crippen molar-refractivity contribution in [2.75, 3.05) is 11.9 Å². The zero-order valence-corrected chi connectivity index (χ0v) is 13.4. The Hall–Kier alpha value is -2.95. The van der Waals surface area contributed by atoms with Gasteiger partial charge in [-0.2, -0.15) is 5.10 Å². The number of H-pyrrole nitrogens is 1. The summed E-state index contributed by atoms with van der Waals surface area (Å²) in [4.78, 5) is 23.8. The predicted molar refractivity (Wildman–Crippen MR) is 86.5 cm³/mol. The van der Waals surface area contributed by atoms with E-state index in [0.29, 0.717) is 16.7 Å². The number of amides is 2. The number of anilines is 1. The lowest BCUT2D eigenvalue weighted by Crippen LogP contribution is -2.28. The number of hydrogen-bond donors (Lipinski definition) is 3. The highest BCUT2D eigenvalue weighted by atomic mass is 32.1. The Kier molecular flexibility index (Phi) is 4.93. The molecule has 0 aliphatic rings. The minimum Gasteiger partial charge on any atom is -0.350 e. The van der Waals surface area contributed by atoms with E-state index in [1.807, 2.05) is 6.07 Å². The summed E-state index contributed by atoms with van der Waals surface area (Å²) < 4.78 is 24.8. The van der Waals surface area contributed by atoms with Crippen molar-refractivity contribution in [2.45, 2.75) is 12.8 Å². The number of fused-ring (bicyclic) bond motifs is 1. The number of nitrogens with one attached hydrogen (secondary N) is 3. The van der Waals surface area contributed by atoms with Crippen molar-refractivity contribution < 1.29 is 18.4 Å². The third-order valence-electron chi connectivity index (χ3n) is 3.20. The topological polar surface area (TPSA) is 113 Å². The molecule has 0 aliphatic heterocycles. The van der Waals surface area contributed by atoms with Crippen LogP contribution in [0.2, 0.25) is 0 Å². The number of aromatic nitrogens is 4. The molecular formula is C14H12F2N6O2S. The van der Waals surface area contributed by atoms with Crippen LogP contribution in [0.1, 0.15) is 28.3 Å². The normalized spacial score (nSPS) is 11.0. The van der Waals surface area contributed by atoms with Crippen LogP contribution in [0.5, 0.6) is 0 Å². The number of hydrogen-bond acceptors (Lipinski definition) is 6. The number of halogens is 2. The second kappa shape index (κ2) is 7.30. The quantitative estimate of drug-likeness (QED) is 0.618. The third kappa shape index (κ3) is 3.94. The minimum absolute atomic E-state index is 0.00933. The molecule has 2 heterocycles. The van der Waals surface area contributed by atoms with E-state index < -0.39 is 23.2 Å². The number of aromatic amines is 1. The summed E-state index contributed by atoms with van der Waals surface area (Å²) in [5, 5.41) is 18.6. The van der Waals surface area contributed by atoms with Crippen molar-refractivity contribution in [3.63, 3.8) is 0 Å². The number of carbonyl (C=O) groups is 2. The molecule has 0 spiro atoms. The maximum atomic E-state index is 12.4. The molecule has 3 rings (SSSR count). The first-order chi connectivity index (χ1) is 12.0. The van der Waals surface area contributed by atoms with Crippen molar-refractivity contribution in [1.82, 2.24) is 25.7 Å². The van der Waals surface area contributed by atoms with E-state index in [2.05, 4.69) is 31.0 Å². The molecule has 0 bridgehead atoms. The zero-order chi connectivity index (χ0) is 17.8.